The lowest BCUT2D eigenvalue weighted by Gasteiger charge is -2.11. The number of hydrogen-bond acceptors (Lipinski definition) is 1. The minimum absolute atomic E-state index is 0.0353. The van der Waals surface area contributed by atoms with Crippen LogP contribution in [0.5, 0.6) is 0 Å². The second-order valence-electron chi connectivity index (χ2n) is 3.81. The van der Waals surface area contributed by atoms with E-state index in [4.69, 9.17) is 11.6 Å². The average Bonchev–Trinajstić information content (AvgIpc) is 2.33. The summed E-state index contributed by atoms with van der Waals surface area (Å²) in [5.41, 5.74) is 0.582. The first kappa shape index (κ1) is 14.2. The molecule has 0 fully saturated rings. The molecule has 1 nitrogen and oxygen atoms in total. The van der Waals surface area contributed by atoms with Crippen LogP contribution in [0.3, 0.4) is 0 Å². The Balaban J connectivity index is 2.22. The maximum absolute atomic E-state index is 13.4. The normalized spacial score (nSPS) is 10.6. The zero-order valence-electron chi connectivity index (χ0n) is 9.48. The molecule has 0 amide bonds. The molecule has 0 spiro atoms. The Bertz CT molecular complexity index is 596. The van der Waals surface area contributed by atoms with E-state index in [1.807, 2.05) is 0 Å². The van der Waals surface area contributed by atoms with Gasteiger partial charge in [0.05, 0.1) is 10.7 Å². The van der Waals surface area contributed by atoms with E-state index in [1.165, 1.54) is 18.2 Å². The molecule has 2 aromatic carbocycles. The summed E-state index contributed by atoms with van der Waals surface area (Å²) in [5.74, 6) is -2.31. The Hall–Kier alpha value is -1.20. The molecule has 0 aliphatic carbocycles. The Morgan fingerprint density at radius 1 is 1.16 bits per heavy atom. The standard InChI is InChI=1S/C13H8BrClF3N/c14-9-4-8(16)5-10(15)13(9)19-6-7-2-1-3-11(17)12(7)18/h1-5,19H,6H2. The summed E-state index contributed by atoms with van der Waals surface area (Å²) in [4.78, 5) is 0. The van der Waals surface area contributed by atoms with Crippen molar-refractivity contribution in [1.29, 1.82) is 0 Å². The van der Waals surface area contributed by atoms with Crippen LogP contribution < -0.4 is 5.32 Å². The molecule has 0 saturated heterocycles. The Morgan fingerprint density at radius 2 is 1.89 bits per heavy atom. The van der Waals surface area contributed by atoms with Crippen LogP contribution in [0.15, 0.2) is 34.8 Å². The van der Waals surface area contributed by atoms with Crippen LogP contribution in [0.25, 0.3) is 0 Å². The van der Waals surface area contributed by atoms with Crippen molar-refractivity contribution in [1.82, 2.24) is 0 Å². The van der Waals surface area contributed by atoms with E-state index in [-0.39, 0.29) is 17.1 Å². The third kappa shape index (κ3) is 3.22. The second-order valence-corrected chi connectivity index (χ2v) is 5.07. The molecule has 19 heavy (non-hydrogen) atoms. The van der Waals surface area contributed by atoms with Gasteiger partial charge in [-0.15, -0.1) is 0 Å². The van der Waals surface area contributed by atoms with Crippen molar-refractivity contribution < 1.29 is 13.2 Å². The van der Waals surface area contributed by atoms with E-state index in [0.717, 1.165) is 12.1 Å². The minimum atomic E-state index is -0.913. The first-order chi connectivity index (χ1) is 8.99. The molecular weight excluding hydrogens is 343 g/mol. The van der Waals surface area contributed by atoms with Crippen LogP contribution in [0, 0.1) is 17.5 Å². The molecule has 0 heterocycles. The molecule has 6 heteroatoms. The number of benzene rings is 2. The van der Waals surface area contributed by atoms with Gasteiger partial charge in [0.1, 0.15) is 5.82 Å². The van der Waals surface area contributed by atoms with Gasteiger partial charge in [0.15, 0.2) is 11.6 Å². The smallest absolute Gasteiger partial charge is 0.163 e. The van der Waals surface area contributed by atoms with Crippen molar-refractivity contribution in [2.24, 2.45) is 0 Å². The van der Waals surface area contributed by atoms with Crippen LogP contribution in [-0.4, -0.2) is 0 Å². The van der Waals surface area contributed by atoms with Gasteiger partial charge in [-0.3, -0.25) is 0 Å². The van der Waals surface area contributed by atoms with Crippen molar-refractivity contribution in [2.45, 2.75) is 6.54 Å². The van der Waals surface area contributed by atoms with E-state index >= 15 is 0 Å². The number of halogens is 5. The highest BCUT2D eigenvalue weighted by Crippen LogP contribution is 2.32. The molecule has 0 radical (unpaired) electrons. The lowest BCUT2D eigenvalue weighted by molar-refractivity contribution is 0.500. The maximum atomic E-state index is 13.4. The Kier molecular flexibility index (Phi) is 4.37. The largest absolute Gasteiger partial charge is 0.379 e. The molecule has 0 unspecified atom stereocenters. The van der Waals surface area contributed by atoms with Crippen molar-refractivity contribution >= 4 is 33.2 Å². The fourth-order valence-electron chi connectivity index (χ4n) is 1.58. The first-order valence-electron chi connectivity index (χ1n) is 5.30. The van der Waals surface area contributed by atoms with Gasteiger partial charge in [-0.05, 0) is 34.1 Å². The topological polar surface area (TPSA) is 12.0 Å². The highest BCUT2D eigenvalue weighted by Gasteiger charge is 2.11. The van der Waals surface area contributed by atoms with Gasteiger partial charge in [-0.2, -0.15) is 0 Å². The average molecular weight is 351 g/mol. The summed E-state index contributed by atoms with van der Waals surface area (Å²) in [6, 6.07) is 6.28. The fraction of sp³-hybridized carbons (Fsp3) is 0.0769. The van der Waals surface area contributed by atoms with Gasteiger partial charge < -0.3 is 5.32 Å². The zero-order chi connectivity index (χ0) is 14.0. The van der Waals surface area contributed by atoms with E-state index < -0.39 is 17.5 Å². The number of anilines is 1. The van der Waals surface area contributed by atoms with E-state index in [9.17, 15) is 13.2 Å². The number of nitrogens with one attached hydrogen (secondary N) is 1. The number of rotatable bonds is 3. The Labute approximate surface area is 121 Å². The lowest BCUT2D eigenvalue weighted by atomic mass is 10.2. The number of hydrogen-bond donors (Lipinski definition) is 1. The van der Waals surface area contributed by atoms with E-state index in [1.54, 1.807) is 0 Å². The quantitative estimate of drug-likeness (QED) is 0.809. The Morgan fingerprint density at radius 3 is 2.58 bits per heavy atom. The van der Waals surface area contributed by atoms with Crippen molar-refractivity contribution in [3.63, 3.8) is 0 Å². The molecule has 1 N–H and O–H groups in total. The highest BCUT2D eigenvalue weighted by molar-refractivity contribution is 9.10. The molecule has 0 aromatic heterocycles. The van der Waals surface area contributed by atoms with Crippen LogP contribution in [-0.2, 0) is 6.54 Å². The van der Waals surface area contributed by atoms with Gasteiger partial charge in [0.25, 0.3) is 0 Å². The molecule has 0 aliphatic rings. The molecule has 0 aliphatic heterocycles. The van der Waals surface area contributed by atoms with Gasteiger partial charge in [0, 0.05) is 16.6 Å². The summed E-state index contributed by atoms with van der Waals surface area (Å²) < 4.78 is 39.9. The van der Waals surface area contributed by atoms with Crippen molar-refractivity contribution in [3.8, 4) is 0 Å². The molecule has 2 aromatic rings. The summed E-state index contributed by atoms with van der Waals surface area (Å²) in [6.45, 7) is 0.0353. The monoisotopic (exact) mass is 349 g/mol. The van der Waals surface area contributed by atoms with Crippen molar-refractivity contribution in [2.75, 3.05) is 5.32 Å². The van der Waals surface area contributed by atoms with E-state index in [0.29, 0.717) is 10.2 Å². The SMILES string of the molecule is Fc1cc(Cl)c(NCc2cccc(F)c2F)c(Br)c1. The predicted molar refractivity (Wildman–Crippen MR) is 72.8 cm³/mol. The summed E-state index contributed by atoms with van der Waals surface area (Å²) in [6.07, 6.45) is 0. The third-order valence-corrected chi connectivity index (χ3v) is 3.42. The minimum Gasteiger partial charge on any atom is -0.379 e. The van der Waals surface area contributed by atoms with Crippen LogP contribution in [0.4, 0.5) is 18.9 Å². The summed E-state index contributed by atoms with van der Waals surface area (Å²) >= 11 is 9.02. The maximum Gasteiger partial charge on any atom is 0.163 e. The molecular formula is C13H8BrClF3N. The lowest BCUT2D eigenvalue weighted by Crippen LogP contribution is -2.04. The van der Waals surface area contributed by atoms with Crippen molar-refractivity contribution in [3.05, 3.63) is 62.8 Å². The summed E-state index contributed by atoms with van der Waals surface area (Å²) in [7, 11) is 0. The van der Waals surface area contributed by atoms with Gasteiger partial charge >= 0.3 is 0 Å². The second kappa shape index (κ2) is 5.84. The molecule has 0 bridgehead atoms. The highest BCUT2D eigenvalue weighted by atomic mass is 79.9. The summed E-state index contributed by atoms with van der Waals surface area (Å²) in [5, 5.41) is 3.00. The zero-order valence-corrected chi connectivity index (χ0v) is 11.8. The predicted octanol–water partition coefficient (Wildman–Crippen LogP) is 5.13. The fourth-order valence-corrected chi connectivity index (χ4v) is 2.54. The first-order valence-corrected chi connectivity index (χ1v) is 6.47. The molecule has 100 valence electrons. The third-order valence-electron chi connectivity index (χ3n) is 2.49. The van der Waals surface area contributed by atoms with Gasteiger partial charge in [-0.25, -0.2) is 13.2 Å². The van der Waals surface area contributed by atoms with Crippen LogP contribution in [0.1, 0.15) is 5.56 Å². The molecule has 2 rings (SSSR count). The van der Waals surface area contributed by atoms with Crippen LogP contribution in [0.2, 0.25) is 5.02 Å². The van der Waals surface area contributed by atoms with Gasteiger partial charge in [0.2, 0.25) is 0 Å². The molecule has 0 saturated carbocycles. The molecule has 0 atom stereocenters. The van der Waals surface area contributed by atoms with Crippen LogP contribution >= 0.6 is 27.5 Å². The van der Waals surface area contributed by atoms with Gasteiger partial charge in [-0.1, -0.05) is 23.7 Å². The van der Waals surface area contributed by atoms with E-state index in [2.05, 4.69) is 21.2 Å².